The molecule has 1 amide bonds. The van der Waals surface area contributed by atoms with Crippen LogP contribution in [-0.2, 0) is 9.53 Å². The molecule has 0 aromatic heterocycles. The molecule has 0 radical (unpaired) electrons. The average molecular weight is 196 g/mol. The van der Waals surface area contributed by atoms with Crippen molar-refractivity contribution in [1.82, 2.24) is 4.90 Å². The molecule has 3 rings (SSSR count). The molecule has 3 aliphatic rings. The van der Waals surface area contributed by atoms with Crippen LogP contribution in [0.25, 0.3) is 0 Å². The van der Waals surface area contributed by atoms with E-state index in [0.29, 0.717) is 18.1 Å². The Morgan fingerprint density at radius 3 is 2.71 bits per heavy atom. The molecule has 1 aliphatic carbocycles. The largest absolute Gasteiger partial charge is 0.376 e. The van der Waals surface area contributed by atoms with Crippen molar-refractivity contribution in [3.8, 4) is 0 Å². The molecular formula is C10H16N2O2. The van der Waals surface area contributed by atoms with Gasteiger partial charge in [0.25, 0.3) is 0 Å². The topological polar surface area (TPSA) is 55.6 Å². The smallest absolute Gasteiger partial charge is 0.241 e. The lowest BCUT2D eigenvalue weighted by molar-refractivity contribution is -0.147. The molecule has 4 heteroatoms. The van der Waals surface area contributed by atoms with Crippen LogP contribution in [0.5, 0.6) is 0 Å². The van der Waals surface area contributed by atoms with Gasteiger partial charge in [-0.25, -0.2) is 0 Å². The minimum atomic E-state index is -0.240. The molecule has 3 unspecified atom stereocenters. The molecule has 78 valence electrons. The van der Waals surface area contributed by atoms with Gasteiger partial charge < -0.3 is 15.4 Å². The van der Waals surface area contributed by atoms with E-state index < -0.39 is 0 Å². The SMILES string of the molecule is NC1CN(C2CCOC2C2CC2)C1=O. The summed E-state index contributed by atoms with van der Waals surface area (Å²) in [6.45, 7) is 1.54. The molecular weight excluding hydrogens is 180 g/mol. The van der Waals surface area contributed by atoms with E-state index in [-0.39, 0.29) is 11.9 Å². The minimum Gasteiger partial charge on any atom is -0.376 e. The van der Waals surface area contributed by atoms with Gasteiger partial charge in [-0.2, -0.15) is 0 Å². The highest BCUT2D eigenvalue weighted by Crippen LogP contribution is 2.41. The Balaban J connectivity index is 1.68. The molecule has 0 bridgehead atoms. The number of nitrogens with zero attached hydrogens (tertiary/aromatic N) is 1. The third-order valence-electron chi connectivity index (χ3n) is 3.58. The summed E-state index contributed by atoms with van der Waals surface area (Å²) in [7, 11) is 0. The standard InChI is InChI=1S/C10H16N2O2/c11-7-5-12(10(7)13)8-3-4-14-9(8)6-1-2-6/h6-9H,1-5,11H2. The van der Waals surface area contributed by atoms with E-state index in [1.165, 1.54) is 12.8 Å². The number of amides is 1. The summed E-state index contributed by atoms with van der Waals surface area (Å²) < 4.78 is 5.70. The quantitative estimate of drug-likeness (QED) is 0.618. The summed E-state index contributed by atoms with van der Waals surface area (Å²) in [5.41, 5.74) is 5.59. The highest BCUT2D eigenvalue weighted by molar-refractivity contribution is 5.88. The van der Waals surface area contributed by atoms with Crippen molar-refractivity contribution in [1.29, 1.82) is 0 Å². The number of nitrogens with two attached hydrogens (primary N) is 1. The molecule has 2 aliphatic heterocycles. The first-order chi connectivity index (χ1) is 6.77. The van der Waals surface area contributed by atoms with Crippen LogP contribution in [0, 0.1) is 5.92 Å². The fourth-order valence-corrected chi connectivity index (χ4v) is 2.59. The second-order valence-corrected chi connectivity index (χ2v) is 4.63. The van der Waals surface area contributed by atoms with Crippen LogP contribution in [0.15, 0.2) is 0 Å². The van der Waals surface area contributed by atoms with Crippen LogP contribution in [0.3, 0.4) is 0 Å². The van der Waals surface area contributed by atoms with Crippen molar-refractivity contribution in [2.45, 2.75) is 37.5 Å². The van der Waals surface area contributed by atoms with Gasteiger partial charge in [0, 0.05) is 13.2 Å². The molecule has 1 saturated carbocycles. The number of hydrogen-bond donors (Lipinski definition) is 1. The van der Waals surface area contributed by atoms with Crippen LogP contribution < -0.4 is 5.73 Å². The molecule has 0 aromatic rings. The van der Waals surface area contributed by atoms with Crippen LogP contribution in [0.2, 0.25) is 0 Å². The van der Waals surface area contributed by atoms with Gasteiger partial charge >= 0.3 is 0 Å². The number of rotatable bonds is 2. The van der Waals surface area contributed by atoms with Crippen molar-refractivity contribution in [3.05, 3.63) is 0 Å². The zero-order valence-corrected chi connectivity index (χ0v) is 8.19. The van der Waals surface area contributed by atoms with E-state index in [0.717, 1.165) is 19.6 Å². The molecule has 3 atom stereocenters. The lowest BCUT2D eigenvalue weighted by Crippen LogP contribution is -2.65. The molecule has 14 heavy (non-hydrogen) atoms. The van der Waals surface area contributed by atoms with E-state index in [4.69, 9.17) is 10.5 Å². The molecule has 2 heterocycles. The average Bonchev–Trinajstić information content (AvgIpc) is 2.93. The summed E-state index contributed by atoms with van der Waals surface area (Å²) in [5, 5.41) is 0. The predicted molar refractivity (Wildman–Crippen MR) is 50.6 cm³/mol. The lowest BCUT2D eigenvalue weighted by Gasteiger charge is -2.42. The van der Waals surface area contributed by atoms with Crippen molar-refractivity contribution in [2.24, 2.45) is 11.7 Å². The van der Waals surface area contributed by atoms with Crippen molar-refractivity contribution in [2.75, 3.05) is 13.2 Å². The monoisotopic (exact) mass is 196 g/mol. The fraction of sp³-hybridized carbons (Fsp3) is 0.900. The zero-order valence-electron chi connectivity index (χ0n) is 8.19. The summed E-state index contributed by atoms with van der Waals surface area (Å²) in [4.78, 5) is 13.4. The number of hydrogen-bond acceptors (Lipinski definition) is 3. The van der Waals surface area contributed by atoms with Crippen LogP contribution in [-0.4, -0.2) is 42.1 Å². The lowest BCUT2D eigenvalue weighted by atomic mass is 9.98. The fourth-order valence-electron chi connectivity index (χ4n) is 2.59. The second-order valence-electron chi connectivity index (χ2n) is 4.63. The normalized spacial score (nSPS) is 42.8. The Kier molecular flexibility index (Phi) is 1.82. The molecule has 2 saturated heterocycles. The van der Waals surface area contributed by atoms with Crippen LogP contribution in [0.1, 0.15) is 19.3 Å². The van der Waals surface area contributed by atoms with Crippen LogP contribution in [0.4, 0.5) is 0 Å². The van der Waals surface area contributed by atoms with Gasteiger partial charge in [0.1, 0.15) is 6.04 Å². The van der Waals surface area contributed by atoms with E-state index in [1.807, 2.05) is 4.90 Å². The van der Waals surface area contributed by atoms with E-state index >= 15 is 0 Å². The third kappa shape index (κ3) is 1.17. The summed E-state index contributed by atoms with van der Waals surface area (Å²) >= 11 is 0. The number of ether oxygens (including phenoxy) is 1. The van der Waals surface area contributed by atoms with Gasteiger partial charge in [0.2, 0.25) is 5.91 Å². The first-order valence-corrected chi connectivity index (χ1v) is 5.45. The minimum absolute atomic E-state index is 0.117. The second kappa shape index (κ2) is 2.94. The van der Waals surface area contributed by atoms with Crippen molar-refractivity contribution < 1.29 is 9.53 Å². The Morgan fingerprint density at radius 1 is 1.36 bits per heavy atom. The highest BCUT2D eigenvalue weighted by Gasteiger charge is 2.48. The van der Waals surface area contributed by atoms with Crippen molar-refractivity contribution in [3.63, 3.8) is 0 Å². The first kappa shape index (κ1) is 8.68. The van der Waals surface area contributed by atoms with Gasteiger partial charge in [-0.15, -0.1) is 0 Å². The summed E-state index contributed by atoms with van der Waals surface area (Å²) in [5.74, 6) is 0.832. The van der Waals surface area contributed by atoms with Gasteiger partial charge in [-0.3, -0.25) is 4.79 Å². The first-order valence-electron chi connectivity index (χ1n) is 5.45. The maximum absolute atomic E-state index is 11.5. The van der Waals surface area contributed by atoms with Crippen molar-refractivity contribution >= 4 is 5.91 Å². The van der Waals surface area contributed by atoms with E-state index in [2.05, 4.69) is 0 Å². The van der Waals surface area contributed by atoms with Gasteiger partial charge in [-0.05, 0) is 25.2 Å². The third-order valence-corrected chi connectivity index (χ3v) is 3.58. The Hall–Kier alpha value is -0.610. The molecule has 3 fully saturated rings. The summed E-state index contributed by atoms with van der Waals surface area (Å²) in [6.07, 6.45) is 3.86. The Morgan fingerprint density at radius 2 is 2.14 bits per heavy atom. The highest BCUT2D eigenvalue weighted by atomic mass is 16.5. The number of carbonyl (C=O) groups excluding carboxylic acids is 1. The van der Waals surface area contributed by atoms with E-state index in [9.17, 15) is 4.79 Å². The van der Waals surface area contributed by atoms with E-state index in [1.54, 1.807) is 0 Å². The molecule has 4 nitrogen and oxygen atoms in total. The van der Waals surface area contributed by atoms with Gasteiger partial charge in [0.05, 0.1) is 12.1 Å². The Labute approximate surface area is 83.4 Å². The maximum atomic E-state index is 11.5. The maximum Gasteiger partial charge on any atom is 0.241 e. The van der Waals surface area contributed by atoms with Crippen LogP contribution >= 0.6 is 0 Å². The Bertz CT molecular complexity index is 265. The molecule has 2 N–H and O–H groups in total. The van der Waals surface area contributed by atoms with Gasteiger partial charge in [0.15, 0.2) is 0 Å². The van der Waals surface area contributed by atoms with Gasteiger partial charge in [-0.1, -0.05) is 0 Å². The zero-order chi connectivity index (χ0) is 9.71. The predicted octanol–water partition coefficient (Wildman–Crippen LogP) is -0.277. The number of likely N-dealkylation sites (tertiary alicyclic amines) is 1. The molecule has 0 spiro atoms. The number of β-lactam (4-membered cyclic amide) rings is 1. The summed E-state index contributed by atoms with van der Waals surface area (Å²) in [6, 6.07) is 0.0882. The molecule has 0 aromatic carbocycles. The number of carbonyl (C=O) groups is 1.